The number of anilines is 1. The summed E-state index contributed by atoms with van der Waals surface area (Å²) in [5, 5.41) is 10.7. The molecule has 0 spiro atoms. The number of tetrazole rings is 1. The van der Waals surface area contributed by atoms with Crippen molar-refractivity contribution in [2.45, 2.75) is 25.8 Å². The van der Waals surface area contributed by atoms with Crippen LogP contribution in [0.5, 0.6) is 0 Å². The lowest BCUT2D eigenvalue weighted by Crippen LogP contribution is -2.25. The molecule has 28 heavy (non-hydrogen) atoms. The van der Waals surface area contributed by atoms with E-state index < -0.39 is 0 Å². The van der Waals surface area contributed by atoms with E-state index in [0.29, 0.717) is 30.9 Å². The molecule has 0 aliphatic carbocycles. The van der Waals surface area contributed by atoms with Crippen LogP contribution in [0.3, 0.4) is 0 Å². The van der Waals surface area contributed by atoms with Gasteiger partial charge in [-0.15, -0.1) is 0 Å². The molecule has 146 valence electrons. The molecule has 0 unspecified atom stereocenters. The van der Waals surface area contributed by atoms with E-state index in [4.69, 9.17) is 4.74 Å². The number of benzene rings is 2. The third-order valence-corrected chi connectivity index (χ3v) is 4.45. The van der Waals surface area contributed by atoms with Gasteiger partial charge in [0, 0.05) is 12.8 Å². The first-order valence-corrected chi connectivity index (χ1v) is 9.12. The van der Waals surface area contributed by atoms with Crippen LogP contribution in [0.15, 0.2) is 59.4 Å². The van der Waals surface area contributed by atoms with Gasteiger partial charge >= 0.3 is 5.69 Å². The number of ether oxygens (including phenoxy) is 1. The van der Waals surface area contributed by atoms with E-state index in [1.54, 1.807) is 31.4 Å². The molecule has 0 saturated carbocycles. The van der Waals surface area contributed by atoms with Gasteiger partial charge in [0.2, 0.25) is 5.91 Å². The van der Waals surface area contributed by atoms with Crippen molar-refractivity contribution in [1.29, 1.82) is 0 Å². The Kier molecular flexibility index (Phi) is 6.33. The number of carbonyl (C=O) groups excluding carboxylic acids is 1. The fourth-order valence-electron chi connectivity index (χ4n) is 2.93. The van der Waals surface area contributed by atoms with Crippen LogP contribution in [0, 0.1) is 0 Å². The van der Waals surface area contributed by atoms with Crippen LogP contribution in [-0.2, 0) is 16.1 Å². The van der Waals surface area contributed by atoms with Crippen molar-refractivity contribution in [2.75, 3.05) is 19.0 Å². The number of methoxy groups -OCH3 is 1. The maximum atomic E-state index is 12.7. The SMILES string of the molecule is CC[C@@H](C(=O)Nc1ccc(-n2nnn(CCOC)c2=O)cc1)c1ccccc1. The first kappa shape index (κ1) is 19.5. The van der Waals surface area contributed by atoms with E-state index in [9.17, 15) is 9.59 Å². The van der Waals surface area contributed by atoms with Crippen molar-refractivity contribution < 1.29 is 9.53 Å². The standard InChI is InChI=1S/C20H23N5O3/c1-3-18(15-7-5-4-6-8-15)19(26)21-16-9-11-17(12-10-16)25-20(27)24(22-23-25)13-14-28-2/h4-12,18H,3,13-14H2,1-2H3,(H,21,26)/t18-/m1/s1. The maximum absolute atomic E-state index is 12.7. The second-order valence-electron chi connectivity index (χ2n) is 6.30. The quantitative estimate of drug-likeness (QED) is 0.646. The van der Waals surface area contributed by atoms with Crippen LogP contribution in [0.1, 0.15) is 24.8 Å². The number of nitrogens with one attached hydrogen (secondary N) is 1. The minimum Gasteiger partial charge on any atom is -0.383 e. The molecule has 1 atom stereocenters. The summed E-state index contributed by atoms with van der Waals surface area (Å²) in [6.45, 7) is 2.70. The number of hydrogen-bond donors (Lipinski definition) is 1. The van der Waals surface area contributed by atoms with Gasteiger partial charge < -0.3 is 10.1 Å². The molecule has 0 saturated heterocycles. The molecule has 8 heteroatoms. The van der Waals surface area contributed by atoms with Crippen molar-refractivity contribution in [3.63, 3.8) is 0 Å². The fraction of sp³-hybridized carbons (Fsp3) is 0.300. The topological polar surface area (TPSA) is 91.0 Å². The number of amides is 1. The summed E-state index contributed by atoms with van der Waals surface area (Å²) in [6, 6.07) is 16.6. The number of carbonyl (C=O) groups is 1. The Morgan fingerprint density at radius 2 is 1.82 bits per heavy atom. The lowest BCUT2D eigenvalue weighted by atomic mass is 9.95. The Balaban J connectivity index is 1.72. The molecule has 0 aliphatic rings. The highest BCUT2D eigenvalue weighted by Crippen LogP contribution is 2.22. The number of hydrogen-bond acceptors (Lipinski definition) is 5. The summed E-state index contributed by atoms with van der Waals surface area (Å²) in [6.07, 6.45) is 0.702. The van der Waals surface area contributed by atoms with E-state index in [0.717, 1.165) is 5.56 Å². The summed E-state index contributed by atoms with van der Waals surface area (Å²) in [5.74, 6) is -0.284. The number of rotatable bonds is 8. The van der Waals surface area contributed by atoms with Gasteiger partial charge in [0.05, 0.1) is 24.8 Å². The van der Waals surface area contributed by atoms with Crippen LogP contribution in [0.2, 0.25) is 0 Å². The van der Waals surface area contributed by atoms with Crippen molar-refractivity contribution >= 4 is 11.6 Å². The predicted octanol–water partition coefficient (Wildman–Crippen LogP) is 2.21. The Bertz CT molecular complexity index is 964. The van der Waals surface area contributed by atoms with Gasteiger partial charge in [-0.25, -0.2) is 4.79 Å². The highest BCUT2D eigenvalue weighted by atomic mass is 16.5. The maximum Gasteiger partial charge on any atom is 0.368 e. The zero-order valence-electron chi connectivity index (χ0n) is 15.9. The summed E-state index contributed by atoms with van der Waals surface area (Å²) in [4.78, 5) is 25.0. The fourth-order valence-corrected chi connectivity index (χ4v) is 2.93. The summed E-state index contributed by atoms with van der Waals surface area (Å²) in [5.41, 5.74) is 1.87. The Morgan fingerprint density at radius 3 is 2.46 bits per heavy atom. The van der Waals surface area contributed by atoms with Crippen LogP contribution in [0.25, 0.3) is 5.69 Å². The third-order valence-electron chi connectivity index (χ3n) is 4.45. The van der Waals surface area contributed by atoms with Crippen molar-refractivity contribution in [2.24, 2.45) is 0 Å². The molecule has 0 fully saturated rings. The lowest BCUT2D eigenvalue weighted by molar-refractivity contribution is -0.117. The number of nitrogens with zero attached hydrogens (tertiary/aromatic N) is 4. The first-order valence-electron chi connectivity index (χ1n) is 9.12. The van der Waals surface area contributed by atoms with Gasteiger partial charge in [-0.1, -0.05) is 37.3 Å². The Morgan fingerprint density at radius 1 is 1.11 bits per heavy atom. The molecule has 8 nitrogen and oxygen atoms in total. The summed E-state index contributed by atoms with van der Waals surface area (Å²) < 4.78 is 7.40. The lowest BCUT2D eigenvalue weighted by Gasteiger charge is -2.15. The minimum atomic E-state index is -0.344. The van der Waals surface area contributed by atoms with Crippen LogP contribution < -0.4 is 11.0 Å². The smallest absolute Gasteiger partial charge is 0.368 e. The van der Waals surface area contributed by atoms with Crippen molar-refractivity contribution in [3.8, 4) is 5.69 Å². The molecule has 1 heterocycles. The second kappa shape index (κ2) is 9.09. The first-order chi connectivity index (χ1) is 13.6. The molecule has 0 radical (unpaired) electrons. The van der Waals surface area contributed by atoms with Gasteiger partial charge in [0.15, 0.2) is 0 Å². The third kappa shape index (κ3) is 4.34. The Labute approximate surface area is 162 Å². The van der Waals surface area contributed by atoms with Crippen molar-refractivity contribution in [1.82, 2.24) is 19.8 Å². The van der Waals surface area contributed by atoms with E-state index in [1.807, 2.05) is 37.3 Å². The summed E-state index contributed by atoms with van der Waals surface area (Å²) >= 11 is 0. The van der Waals surface area contributed by atoms with E-state index in [-0.39, 0.29) is 17.5 Å². The Hall–Kier alpha value is -3.26. The van der Waals surface area contributed by atoms with Gasteiger partial charge in [-0.3, -0.25) is 4.79 Å². The molecule has 1 N–H and O–H groups in total. The zero-order chi connectivity index (χ0) is 19.9. The molecular formula is C20H23N5O3. The summed E-state index contributed by atoms with van der Waals surface area (Å²) in [7, 11) is 1.56. The van der Waals surface area contributed by atoms with Crippen molar-refractivity contribution in [3.05, 3.63) is 70.6 Å². The molecule has 1 aromatic heterocycles. The van der Waals surface area contributed by atoms with Crippen LogP contribution >= 0.6 is 0 Å². The van der Waals surface area contributed by atoms with Gasteiger partial charge in [-0.2, -0.15) is 9.36 Å². The highest BCUT2D eigenvalue weighted by molar-refractivity contribution is 5.95. The molecule has 3 rings (SSSR count). The van der Waals surface area contributed by atoms with Gasteiger partial charge in [0.25, 0.3) is 0 Å². The largest absolute Gasteiger partial charge is 0.383 e. The average Bonchev–Trinajstić information content (AvgIpc) is 3.09. The molecule has 0 bridgehead atoms. The van der Waals surface area contributed by atoms with E-state index in [1.165, 1.54) is 9.36 Å². The monoisotopic (exact) mass is 381 g/mol. The van der Waals surface area contributed by atoms with Gasteiger partial charge in [0.1, 0.15) is 0 Å². The predicted molar refractivity (Wildman–Crippen MR) is 106 cm³/mol. The molecule has 2 aromatic carbocycles. The molecule has 0 aliphatic heterocycles. The second-order valence-corrected chi connectivity index (χ2v) is 6.30. The zero-order valence-corrected chi connectivity index (χ0v) is 15.9. The van der Waals surface area contributed by atoms with E-state index >= 15 is 0 Å². The average molecular weight is 381 g/mol. The molecular weight excluding hydrogens is 358 g/mol. The van der Waals surface area contributed by atoms with Gasteiger partial charge in [-0.05, 0) is 46.7 Å². The van der Waals surface area contributed by atoms with E-state index in [2.05, 4.69) is 15.7 Å². The van der Waals surface area contributed by atoms with Crippen LogP contribution in [0.4, 0.5) is 5.69 Å². The highest BCUT2D eigenvalue weighted by Gasteiger charge is 2.18. The van der Waals surface area contributed by atoms with Crippen LogP contribution in [-0.4, -0.2) is 39.4 Å². The minimum absolute atomic E-state index is 0.0656. The normalized spacial score (nSPS) is 11.9. The molecule has 3 aromatic rings. The number of aromatic nitrogens is 4. The molecule has 1 amide bonds.